The second-order valence-electron chi connectivity index (χ2n) is 4.53. The molecule has 104 valence electrons. The molecule has 2 rings (SSSR count). The molecule has 0 spiro atoms. The van der Waals surface area contributed by atoms with Crippen LogP contribution in [-0.4, -0.2) is 53.9 Å². The van der Waals surface area contributed by atoms with E-state index in [1.165, 1.54) is 0 Å². The van der Waals surface area contributed by atoms with Gasteiger partial charge in [0.2, 0.25) is 5.88 Å². The summed E-state index contributed by atoms with van der Waals surface area (Å²) >= 11 is 0. The summed E-state index contributed by atoms with van der Waals surface area (Å²) in [5, 5.41) is 8.78. The predicted molar refractivity (Wildman–Crippen MR) is 68.1 cm³/mol. The van der Waals surface area contributed by atoms with Crippen molar-refractivity contribution in [3.8, 4) is 5.88 Å². The Morgan fingerprint density at radius 3 is 3.11 bits per heavy atom. The normalized spacial score (nSPS) is 20.2. The molecule has 1 aliphatic rings. The van der Waals surface area contributed by atoms with Crippen LogP contribution in [0.15, 0.2) is 18.3 Å². The third-order valence-electron chi connectivity index (χ3n) is 3.04. The van der Waals surface area contributed by atoms with E-state index in [0.29, 0.717) is 19.0 Å². The number of aromatic nitrogens is 1. The van der Waals surface area contributed by atoms with Gasteiger partial charge in [0.05, 0.1) is 26.2 Å². The molecule has 0 aliphatic carbocycles. The van der Waals surface area contributed by atoms with Crippen molar-refractivity contribution < 1.29 is 19.4 Å². The molecular weight excluding hydrogens is 248 g/mol. The Balaban J connectivity index is 1.88. The van der Waals surface area contributed by atoms with Crippen molar-refractivity contribution in [2.75, 3.05) is 26.8 Å². The SMILES string of the molecule is COc1ccc(CN2CCOC(CC(=O)O)C2)cn1. The average molecular weight is 266 g/mol. The molecule has 1 fully saturated rings. The highest BCUT2D eigenvalue weighted by Gasteiger charge is 2.22. The molecule has 0 bridgehead atoms. The number of rotatable bonds is 5. The highest BCUT2D eigenvalue weighted by atomic mass is 16.5. The fourth-order valence-corrected chi connectivity index (χ4v) is 2.13. The second-order valence-corrected chi connectivity index (χ2v) is 4.53. The van der Waals surface area contributed by atoms with Crippen molar-refractivity contribution >= 4 is 5.97 Å². The van der Waals surface area contributed by atoms with E-state index in [-0.39, 0.29) is 12.5 Å². The molecule has 0 aromatic carbocycles. The van der Waals surface area contributed by atoms with Crippen LogP contribution in [0, 0.1) is 0 Å². The molecule has 6 nitrogen and oxygen atoms in total. The number of pyridine rings is 1. The van der Waals surface area contributed by atoms with Gasteiger partial charge in [-0.2, -0.15) is 0 Å². The van der Waals surface area contributed by atoms with Gasteiger partial charge in [0.15, 0.2) is 0 Å². The Morgan fingerprint density at radius 1 is 1.63 bits per heavy atom. The van der Waals surface area contributed by atoms with Gasteiger partial charge >= 0.3 is 5.97 Å². The molecule has 0 amide bonds. The predicted octanol–water partition coefficient (Wildman–Crippen LogP) is 0.766. The van der Waals surface area contributed by atoms with Crippen molar-refractivity contribution in [3.63, 3.8) is 0 Å². The molecule has 2 heterocycles. The van der Waals surface area contributed by atoms with Crippen molar-refractivity contribution in [1.82, 2.24) is 9.88 Å². The lowest BCUT2D eigenvalue weighted by atomic mass is 10.2. The highest BCUT2D eigenvalue weighted by Crippen LogP contribution is 2.13. The van der Waals surface area contributed by atoms with Crippen molar-refractivity contribution in [2.45, 2.75) is 19.1 Å². The molecule has 0 radical (unpaired) electrons. The maximum Gasteiger partial charge on any atom is 0.306 e. The minimum Gasteiger partial charge on any atom is -0.481 e. The highest BCUT2D eigenvalue weighted by molar-refractivity contribution is 5.67. The number of carbonyl (C=O) groups is 1. The zero-order valence-electron chi connectivity index (χ0n) is 10.9. The lowest BCUT2D eigenvalue weighted by molar-refractivity contribution is -0.142. The molecule has 19 heavy (non-hydrogen) atoms. The van der Waals surface area contributed by atoms with E-state index < -0.39 is 5.97 Å². The zero-order valence-corrected chi connectivity index (χ0v) is 10.9. The van der Waals surface area contributed by atoms with Crippen LogP contribution in [-0.2, 0) is 16.1 Å². The first-order valence-electron chi connectivity index (χ1n) is 6.22. The van der Waals surface area contributed by atoms with Gasteiger partial charge in [-0.1, -0.05) is 6.07 Å². The molecule has 1 saturated heterocycles. The van der Waals surface area contributed by atoms with Crippen LogP contribution < -0.4 is 4.74 Å². The van der Waals surface area contributed by atoms with Gasteiger partial charge in [-0.3, -0.25) is 9.69 Å². The van der Waals surface area contributed by atoms with E-state index in [1.54, 1.807) is 13.3 Å². The Morgan fingerprint density at radius 2 is 2.47 bits per heavy atom. The van der Waals surface area contributed by atoms with Crippen molar-refractivity contribution in [2.24, 2.45) is 0 Å². The molecule has 0 saturated carbocycles. The molecule has 1 aromatic heterocycles. The Bertz CT molecular complexity index is 421. The fraction of sp³-hybridized carbons (Fsp3) is 0.538. The number of methoxy groups -OCH3 is 1. The minimum atomic E-state index is -0.821. The van der Waals surface area contributed by atoms with Crippen molar-refractivity contribution in [1.29, 1.82) is 0 Å². The van der Waals surface area contributed by atoms with Gasteiger partial charge in [-0.05, 0) is 5.56 Å². The van der Waals surface area contributed by atoms with Gasteiger partial charge in [-0.25, -0.2) is 4.98 Å². The molecule has 6 heteroatoms. The Labute approximate surface area is 112 Å². The van der Waals surface area contributed by atoms with Gasteiger partial charge in [-0.15, -0.1) is 0 Å². The van der Waals surface area contributed by atoms with Gasteiger partial charge in [0.25, 0.3) is 0 Å². The summed E-state index contributed by atoms with van der Waals surface area (Å²) in [6, 6.07) is 3.79. The summed E-state index contributed by atoms with van der Waals surface area (Å²) in [4.78, 5) is 17.0. The van der Waals surface area contributed by atoms with E-state index >= 15 is 0 Å². The lowest BCUT2D eigenvalue weighted by Gasteiger charge is -2.32. The summed E-state index contributed by atoms with van der Waals surface area (Å²) in [7, 11) is 1.58. The van der Waals surface area contributed by atoms with Crippen LogP contribution in [0.2, 0.25) is 0 Å². The first-order chi connectivity index (χ1) is 9.17. The molecule has 1 N–H and O–H groups in total. The number of aliphatic carboxylic acids is 1. The fourth-order valence-electron chi connectivity index (χ4n) is 2.13. The number of hydrogen-bond donors (Lipinski definition) is 1. The van der Waals surface area contributed by atoms with E-state index in [0.717, 1.165) is 18.7 Å². The van der Waals surface area contributed by atoms with E-state index in [2.05, 4.69) is 9.88 Å². The van der Waals surface area contributed by atoms with E-state index in [4.69, 9.17) is 14.6 Å². The number of carboxylic acids is 1. The lowest BCUT2D eigenvalue weighted by Crippen LogP contribution is -2.42. The van der Waals surface area contributed by atoms with Gasteiger partial charge < -0.3 is 14.6 Å². The number of ether oxygens (including phenoxy) is 2. The summed E-state index contributed by atoms with van der Waals surface area (Å²) in [6.07, 6.45) is 1.61. The van der Waals surface area contributed by atoms with E-state index in [9.17, 15) is 4.79 Å². The topological polar surface area (TPSA) is 71.9 Å². The summed E-state index contributed by atoms with van der Waals surface area (Å²) in [5.41, 5.74) is 1.08. The van der Waals surface area contributed by atoms with Crippen LogP contribution in [0.25, 0.3) is 0 Å². The Hall–Kier alpha value is -1.66. The van der Waals surface area contributed by atoms with Crippen LogP contribution >= 0.6 is 0 Å². The minimum absolute atomic E-state index is 0.0529. The molecule has 1 aliphatic heterocycles. The Kier molecular flexibility index (Phi) is 4.70. The number of carboxylic acid groups (broad SMARTS) is 1. The maximum atomic E-state index is 10.7. The summed E-state index contributed by atoms with van der Waals surface area (Å²) in [5.74, 6) is -0.229. The zero-order chi connectivity index (χ0) is 13.7. The number of hydrogen-bond acceptors (Lipinski definition) is 5. The summed E-state index contributed by atoms with van der Waals surface area (Å²) < 4.78 is 10.4. The molecule has 1 atom stereocenters. The van der Waals surface area contributed by atoms with E-state index in [1.807, 2.05) is 12.1 Å². The number of morpholine rings is 1. The standard InChI is InChI=1S/C13H18N2O4/c1-18-12-3-2-10(7-14-12)8-15-4-5-19-11(9-15)6-13(16)17/h2-3,7,11H,4-6,8-9H2,1H3,(H,16,17). The van der Waals surface area contributed by atoms with Crippen LogP contribution in [0.3, 0.4) is 0 Å². The van der Waals surface area contributed by atoms with Gasteiger partial charge in [0, 0.05) is 31.9 Å². The van der Waals surface area contributed by atoms with Crippen molar-refractivity contribution in [3.05, 3.63) is 23.9 Å². The van der Waals surface area contributed by atoms with Crippen LogP contribution in [0.5, 0.6) is 5.88 Å². The quantitative estimate of drug-likeness (QED) is 0.848. The number of nitrogens with zero attached hydrogens (tertiary/aromatic N) is 2. The summed E-state index contributed by atoms with van der Waals surface area (Å²) in [6.45, 7) is 2.76. The van der Waals surface area contributed by atoms with Gasteiger partial charge in [0.1, 0.15) is 0 Å². The third-order valence-corrected chi connectivity index (χ3v) is 3.04. The molecule has 1 aromatic rings. The third kappa shape index (κ3) is 4.18. The smallest absolute Gasteiger partial charge is 0.306 e. The largest absolute Gasteiger partial charge is 0.481 e. The van der Waals surface area contributed by atoms with Crippen LogP contribution in [0.4, 0.5) is 0 Å². The molecule has 1 unspecified atom stereocenters. The maximum absolute atomic E-state index is 10.7. The first-order valence-corrected chi connectivity index (χ1v) is 6.22. The first kappa shape index (κ1) is 13.8. The second kappa shape index (κ2) is 6.49. The molecular formula is C13H18N2O4. The van der Waals surface area contributed by atoms with Crippen LogP contribution in [0.1, 0.15) is 12.0 Å². The average Bonchev–Trinajstić information content (AvgIpc) is 2.39. The monoisotopic (exact) mass is 266 g/mol.